The summed E-state index contributed by atoms with van der Waals surface area (Å²) in [5, 5.41) is 3.41. The summed E-state index contributed by atoms with van der Waals surface area (Å²) in [4.78, 5) is 12.0. The van der Waals surface area contributed by atoms with E-state index in [1.165, 1.54) is 38.2 Å². The second-order valence-corrected chi connectivity index (χ2v) is 7.99. The molecule has 0 saturated carbocycles. The van der Waals surface area contributed by atoms with Gasteiger partial charge in [-0.2, -0.15) is 0 Å². The van der Waals surface area contributed by atoms with Crippen LogP contribution in [0, 0.1) is 0 Å². The summed E-state index contributed by atoms with van der Waals surface area (Å²) in [6, 6.07) is 8.48. The van der Waals surface area contributed by atoms with E-state index in [4.69, 9.17) is 4.99 Å². The number of nitrogens with one attached hydrogen (secondary N) is 1. The van der Waals surface area contributed by atoms with Crippen LogP contribution in [0.3, 0.4) is 0 Å². The third-order valence-corrected chi connectivity index (χ3v) is 5.26. The van der Waals surface area contributed by atoms with Gasteiger partial charge in [-0.15, -0.1) is 0 Å². The molecule has 1 fully saturated rings. The van der Waals surface area contributed by atoms with Crippen molar-refractivity contribution < 1.29 is 0 Å². The van der Waals surface area contributed by atoms with Gasteiger partial charge >= 0.3 is 0 Å². The molecule has 0 aliphatic carbocycles. The summed E-state index contributed by atoms with van der Waals surface area (Å²) < 4.78 is 1.11. The molecule has 2 rings (SSSR count). The molecule has 1 saturated heterocycles. The molecule has 0 spiro atoms. The van der Waals surface area contributed by atoms with Crippen LogP contribution in [0.4, 0.5) is 0 Å². The van der Waals surface area contributed by atoms with Gasteiger partial charge in [-0.05, 0) is 64.1 Å². The van der Waals surface area contributed by atoms with E-state index < -0.39 is 0 Å². The summed E-state index contributed by atoms with van der Waals surface area (Å²) >= 11 is 3.49. The van der Waals surface area contributed by atoms with Gasteiger partial charge in [-0.3, -0.25) is 4.99 Å². The smallest absolute Gasteiger partial charge is 0.193 e. The average molecular weight is 424 g/mol. The van der Waals surface area contributed by atoms with Crippen LogP contribution in [0.15, 0.2) is 33.7 Å². The zero-order chi connectivity index (χ0) is 18.8. The molecular formula is C20H34BrN5. The lowest BCUT2D eigenvalue weighted by Gasteiger charge is -2.23. The Morgan fingerprint density at radius 2 is 1.96 bits per heavy atom. The maximum Gasteiger partial charge on any atom is 0.193 e. The highest BCUT2D eigenvalue weighted by atomic mass is 79.9. The molecule has 0 unspecified atom stereocenters. The highest BCUT2D eigenvalue weighted by molar-refractivity contribution is 9.10. The van der Waals surface area contributed by atoms with Crippen molar-refractivity contribution in [2.75, 3.05) is 59.9 Å². The molecular weight excluding hydrogens is 390 g/mol. The minimum atomic E-state index is 0.859. The Bertz CT molecular complexity index is 546. The Labute approximate surface area is 167 Å². The molecule has 6 heteroatoms. The number of likely N-dealkylation sites (N-methyl/N-ethyl adjacent to an activating group) is 1. The van der Waals surface area contributed by atoms with Crippen molar-refractivity contribution in [2.24, 2.45) is 4.99 Å². The van der Waals surface area contributed by atoms with Crippen LogP contribution in [0.2, 0.25) is 0 Å². The van der Waals surface area contributed by atoms with Gasteiger partial charge in [0.15, 0.2) is 5.96 Å². The van der Waals surface area contributed by atoms with Crippen molar-refractivity contribution >= 4 is 21.9 Å². The number of benzene rings is 1. The monoisotopic (exact) mass is 423 g/mol. The molecule has 1 heterocycles. The lowest BCUT2D eigenvalue weighted by molar-refractivity contribution is 0.275. The molecule has 1 aliphatic rings. The molecule has 0 atom stereocenters. The highest BCUT2D eigenvalue weighted by Crippen LogP contribution is 2.12. The Balaban J connectivity index is 1.80. The summed E-state index contributed by atoms with van der Waals surface area (Å²) in [5.74, 6) is 0.992. The molecule has 1 aromatic rings. The SMILES string of the molecule is CCNC(=NCCCN1CCCN(C)CC1)N(C)Cc1ccc(Br)cc1. The summed E-state index contributed by atoms with van der Waals surface area (Å²) in [6.45, 7) is 10.7. The maximum absolute atomic E-state index is 4.84. The van der Waals surface area contributed by atoms with Crippen LogP contribution in [0.5, 0.6) is 0 Å². The fraction of sp³-hybridized carbons (Fsp3) is 0.650. The third-order valence-electron chi connectivity index (χ3n) is 4.74. The standard InChI is InChI=1S/C20H34BrN5/c1-4-22-20(25(3)17-18-7-9-19(21)10-8-18)23-11-5-13-26-14-6-12-24(2)15-16-26/h7-10H,4-6,11-17H2,1-3H3,(H,22,23). The first-order valence-electron chi connectivity index (χ1n) is 9.73. The quantitative estimate of drug-likeness (QED) is 0.415. The fourth-order valence-electron chi connectivity index (χ4n) is 3.21. The molecule has 0 amide bonds. The Morgan fingerprint density at radius 1 is 1.19 bits per heavy atom. The van der Waals surface area contributed by atoms with Gasteiger partial charge in [0.1, 0.15) is 0 Å². The fourth-order valence-corrected chi connectivity index (χ4v) is 3.48. The Morgan fingerprint density at radius 3 is 2.69 bits per heavy atom. The van der Waals surface area contributed by atoms with Crippen molar-refractivity contribution in [1.82, 2.24) is 20.0 Å². The van der Waals surface area contributed by atoms with Gasteiger partial charge in [0, 0.05) is 44.2 Å². The van der Waals surface area contributed by atoms with Crippen LogP contribution < -0.4 is 5.32 Å². The normalized spacial score (nSPS) is 17.2. The Kier molecular flexibility index (Phi) is 9.43. The number of aliphatic imine (C=N–C) groups is 1. The molecule has 146 valence electrons. The van der Waals surface area contributed by atoms with Crippen molar-refractivity contribution in [2.45, 2.75) is 26.3 Å². The van der Waals surface area contributed by atoms with E-state index in [9.17, 15) is 0 Å². The predicted octanol–water partition coefficient (Wildman–Crippen LogP) is 2.87. The molecule has 1 aliphatic heterocycles. The molecule has 0 bridgehead atoms. The summed E-state index contributed by atoms with van der Waals surface area (Å²) in [5.41, 5.74) is 1.29. The van der Waals surface area contributed by atoms with E-state index in [1.807, 2.05) is 0 Å². The van der Waals surface area contributed by atoms with Crippen LogP contribution in [-0.4, -0.2) is 80.6 Å². The van der Waals surface area contributed by atoms with Crippen LogP contribution in [0.25, 0.3) is 0 Å². The van der Waals surface area contributed by atoms with E-state index in [-0.39, 0.29) is 0 Å². The van der Waals surface area contributed by atoms with Crippen LogP contribution >= 0.6 is 15.9 Å². The van der Waals surface area contributed by atoms with Gasteiger partial charge in [0.25, 0.3) is 0 Å². The predicted molar refractivity (Wildman–Crippen MR) is 115 cm³/mol. The van der Waals surface area contributed by atoms with Crippen molar-refractivity contribution in [1.29, 1.82) is 0 Å². The number of nitrogens with zero attached hydrogens (tertiary/aromatic N) is 4. The Hall–Kier alpha value is -1.11. The number of halogens is 1. The van der Waals surface area contributed by atoms with Gasteiger partial charge in [-0.25, -0.2) is 0 Å². The van der Waals surface area contributed by atoms with E-state index in [2.05, 4.69) is 81.2 Å². The lowest BCUT2D eigenvalue weighted by atomic mass is 10.2. The summed E-state index contributed by atoms with van der Waals surface area (Å²) in [7, 11) is 4.33. The zero-order valence-electron chi connectivity index (χ0n) is 16.5. The van der Waals surface area contributed by atoms with Gasteiger partial charge < -0.3 is 20.0 Å². The van der Waals surface area contributed by atoms with Gasteiger partial charge in [0.05, 0.1) is 0 Å². The third kappa shape index (κ3) is 7.64. The first kappa shape index (κ1) is 21.2. The van der Waals surface area contributed by atoms with E-state index in [1.54, 1.807) is 0 Å². The second-order valence-electron chi connectivity index (χ2n) is 7.07. The minimum absolute atomic E-state index is 0.859. The molecule has 1 aromatic carbocycles. The first-order valence-corrected chi connectivity index (χ1v) is 10.5. The van der Waals surface area contributed by atoms with Crippen LogP contribution in [0.1, 0.15) is 25.3 Å². The van der Waals surface area contributed by atoms with Crippen molar-refractivity contribution in [3.8, 4) is 0 Å². The first-order chi connectivity index (χ1) is 12.6. The second kappa shape index (κ2) is 11.6. The number of hydrogen-bond donors (Lipinski definition) is 1. The van der Waals surface area contributed by atoms with Crippen LogP contribution in [-0.2, 0) is 6.54 Å². The minimum Gasteiger partial charge on any atom is -0.357 e. The average Bonchev–Trinajstić information content (AvgIpc) is 2.84. The molecule has 0 radical (unpaired) electrons. The zero-order valence-corrected chi connectivity index (χ0v) is 18.1. The maximum atomic E-state index is 4.84. The van der Waals surface area contributed by atoms with E-state index in [0.29, 0.717) is 0 Å². The molecule has 0 aromatic heterocycles. The topological polar surface area (TPSA) is 34.1 Å². The number of guanidine groups is 1. The lowest BCUT2D eigenvalue weighted by Crippen LogP contribution is -2.38. The summed E-state index contributed by atoms with van der Waals surface area (Å²) in [6.07, 6.45) is 2.39. The van der Waals surface area contributed by atoms with Crippen molar-refractivity contribution in [3.63, 3.8) is 0 Å². The molecule has 1 N–H and O–H groups in total. The number of hydrogen-bond acceptors (Lipinski definition) is 3. The van der Waals surface area contributed by atoms with E-state index >= 15 is 0 Å². The van der Waals surface area contributed by atoms with Gasteiger partial charge in [-0.1, -0.05) is 28.1 Å². The molecule has 5 nitrogen and oxygen atoms in total. The van der Waals surface area contributed by atoms with E-state index in [0.717, 1.165) is 43.0 Å². The van der Waals surface area contributed by atoms with Crippen molar-refractivity contribution in [3.05, 3.63) is 34.3 Å². The largest absolute Gasteiger partial charge is 0.357 e. The number of rotatable bonds is 7. The highest BCUT2D eigenvalue weighted by Gasteiger charge is 2.11. The van der Waals surface area contributed by atoms with Gasteiger partial charge in [0.2, 0.25) is 0 Å². The molecule has 26 heavy (non-hydrogen) atoms.